The van der Waals surface area contributed by atoms with E-state index in [0.29, 0.717) is 46.7 Å². The van der Waals surface area contributed by atoms with Crippen molar-refractivity contribution in [2.24, 2.45) is 5.73 Å². The Morgan fingerprint density at radius 3 is 2.85 bits per heavy atom. The van der Waals surface area contributed by atoms with Crippen LogP contribution in [0.25, 0.3) is 22.4 Å². The number of aryl methyl sites for hydroxylation is 1. The first-order valence-corrected chi connectivity index (χ1v) is 8.61. The van der Waals surface area contributed by atoms with Gasteiger partial charge in [-0.1, -0.05) is 5.16 Å². The van der Waals surface area contributed by atoms with E-state index in [0.717, 1.165) is 12.8 Å². The van der Waals surface area contributed by atoms with Crippen molar-refractivity contribution < 1.29 is 13.7 Å². The Labute approximate surface area is 149 Å². The molecule has 1 saturated heterocycles. The van der Waals surface area contributed by atoms with Gasteiger partial charge in [-0.15, -0.1) is 0 Å². The summed E-state index contributed by atoms with van der Waals surface area (Å²) in [7, 11) is 0. The van der Waals surface area contributed by atoms with Crippen molar-refractivity contribution in [3.63, 3.8) is 0 Å². The van der Waals surface area contributed by atoms with E-state index in [-0.39, 0.29) is 17.8 Å². The first kappa shape index (κ1) is 16.7. The fourth-order valence-electron chi connectivity index (χ4n) is 3.40. The number of likely N-dealkylation sites (tertiary alicyclic amines) is 1. The molecular formula is C19H19FN4O2. The van der Waals surface area contributed by atoms with Crippen LogP contribution in [0.4, 0.5) is 4.39 Å². The average molecular weight is 354 g/mol. The molecule has 0 radical (unpaired) electrons. The third-order valence-corrected chi connectivity index (χ3v) is 4.73. The fraction of sp³-hybridized carbons (Fsp3) is 0.316. The van der Waals surface area contributed by atoms with E-state index in [1.54, 1.807) is 30.0 Å². The van der Waals surface area contributed by atoms with E-state index in [9.17, 15) is 9.18 Å². The predicted octanol–water partition coefficient (Wildman–Crippen LogP) is 2.90. The first-order valence-electron chi connectivity index (χ1n) is 8.61. The summed E-state index contributed by atoms with van der Waals surface area (Å²) in [5, 5.41) is 4.57. The summed E-state index contributed by atoms with van der Waals surface area (Å²) in [6.07, 6.45) is 1.80. The number of carbonyl (C=O) groups is 1. The number of nitrogens with zero attached hydrogens (tertiary/aromatic N) is 3. The van der Waals surface area contributed by atoms with Gasteiger partial charge in [0.1, 0.15) is 5.82 Å². The molecule has 1 aliphatic heterocycles. The van der Waals surface area contributed by atoms with Gasteiger partial charge in [0.2, 0.25) is 0 Å². The fourth-order valence-corrected chi connectivity index (χ4v) is 3.40. The van der Waals surface area contributed by atoms with E-state index in [2.05, 4.69) is 10.1 Å². The molecule has 7 heteroatoms. The van der Waals surface area contributed by atoms with Crippen LogP contribution >= 0.6 is 0 Å². The van der Waals surface area contributed by atoms with E-state index in [4.69, 9.17) is 10.3 Å². The number of rotatable bonds is 2. The summed E-state index contributed by atoms with van der Waals surface area (Å²) in [6.45, 7) is 2.98. The van der Waals surface area contributed by atoms with Gasteiger partial charge in [-0.3, -0.25) is 4.79 Å². The summed E-state index contributed by atoms with van der Waals surface area (Å²) in [5.41, 5.74) is 8.67. The molecule has 0 spiro atoms. The molecule has 2 N–H and O–H groups in total. The third-order valence-electron chi connectivity index (χ3n) is 4.73. The summed E-state index contributed by atoms with van der Waals surface area (Å²) >= 11 is 0. The molecular weight excluding hydrogens is 335 g/mol. The quantitative estimate of drug-likeness (QED) is 0.765. The van der Waals surface area contributed by atoms with Gasteiger partial charge in [0.05, 0.1) is 22.3 Å². The SMILES string of the molecule is Cc1noc2nc(-c3ccc(F)cc3)cc(C(=O)N3CCCC(N)C3)c12. The van der Waals surface area contributed by atoms with Crippen LogP contribution < -0.4 is 5.73 Å². The smallest absolute Gasteiger partial charge is 0.259 e. The second-order valence-electron chi connectivity index (χ2n) is 6.66. The zero-order valence-corrected chi connectivity index (χ0v) is 14.4. The molecule has 1 unspecified atom stereocenters. The Bertz CT molecular complexity index is 968. The minimum atomic E-state index is -0.330. The van der Waals surface area contributed by atoms with Crippen molar-refractivity contribution in [2.45, 2.75) is 25.8 Å². The minimum absolute atomic E-state index is 0.00910. The largest absolute Gasteiger partial charge is 0.337 e. The molecule has 1 aliphatic rings. The molecule has 0 aliphatic carbocycles. The summed E-state index contributed by atoms with van der Waals surface area (Å²) < 4.78 is 18.5. The summed E-state index contributed by atoms with van der Waals surface area (Å²) in [6, 6.07) is 7.68. The van der Waals surface area contributed by atoms with Crippen molar-refractivity contribution in [2.75, 3.05) is 13.1 Å². The normalized spacial score (nSPS) is 17.7. The number of hydrogen-bond donors (Lipinski definition) is 1. The van der Waals surface area contributed by atoms with Gasteiger partial charge in [-0.25, -0.2) is 9.37 Å². The molecule has 6 nitrogen and oxygen atoms in total. The first-order chi connectivity index (χ1) is 12.5. The number of nitrogens with two attached hydrogens (primary N) is 1. The Morgan fingerprint density at radius 1 is 1.35 bits per heavy atom. The molecule has 3 aromatic rings. The van der Waals surface area contributed by atoms with Gasteiger partial charge in [0, 0.05) is 24.7 Å². The second kappa shape index (κ2) is 6.49. The van der Waals surface area contributed by atoms with Gasteiger partial charge < -0.3 is 15.2 Å². The Kier molecular flexibility index (Phi) is 4.16. The van der Waals surface area contributed by atoms with Gasteiger partial charge in [-0.2, -0.15) is 0 Å². The second-order valence-corrected chi connectivity index (χ2v) is 6.66. The van der Waals surface area contributed by atoms with Crippen LogP contribution in [-0.4, -0.2) is 40.1 Å². The lowest BCUT2D eigenvalue weighted by atomic mass is 10.0. The molecule has 3 heterocycles. The maximum absolute atomic E-state index is 13.2. The van der Waals surface area contributed by atoms with Crippen molar-refractivity contribution in [3.8, 4) is 11.3 Å². The molecule has 1 fully saturated rings. The number of aromatic nitrogens is 2. The maximum atomic E-state index is 13.2. The van der Waals surface area contributed by atoms with Crippen LogP contribution in [0.3, 0.4) is 0 Å². The highest BCUT2D eigenvalue weighted by Gasteiger charge is 2.26. The molecule has 134 valence electrons. The molecule has 0 saturated carbocycles. The van der Waals surface area contributed by atoms with E-state index in [1.807, 2.05) is 0 Å². The number of carbonyl (C=O) groups excluding carboxylic acids is 1. The Balaban J connectivity index is 1.82. The zero-order chi connectivity index (χ0) is 18.3. The monoisotopic (exact) mass is 354 g/mol. The van der Waals surface area contributed by atoms with E-state index < -0.39 is 0 Å². The number of halogens is 1. The molecule has 4 rings (SSSR count). The van der Waals surface area contributed by atoms with Gasteiger partial charge in [-0.05, 0) is 50.1 Å². The molecule has 2 aromatic heterocycles. The van der Waals surface area contributed by atoms with E-state index in [1.165, 1.54) is 12.1 Å². The molecule has 0 bridgehead atoms. The molecule has 26 heavy (non-hydrogen) atoms. The lowest BCUT2D eigenvalue weighted by molar-refractivity contribution is 0.0710. The third kappa shape index (κ3) is 2.94. The van der Waals surface area contributed by atoms with Crippen molar-refractivity contribution in [3.05, 3.63) is 47.4 Å². The highest BCUT2D eigenvalue weighted by molar-refractivity contribution is 6.07. The summed E-state index contributed by atoms with van der Waals surface area (Å²) in [4.78, 5) is 19.4. The van der Waals surface area contributed by atoms with Crippen molar-refractivity contribution in [1.29, 1.82) is 0 Å². The number of pyridine rings is 1. The van der Waals surface area contributed by atoms with Crippen LogP contribution in [-0.2, 0) is 0 Å². The van der Waals surface area contributed by atoms with Crippen LogP contribution in [0.15, 0.2) is 34.9 Å². The number of benzene rings is 1. The van der Waals surface area contributed by atoms with Gasteiger partial charge in [0.15, 0.2) is 0 Å². The Hall–Kier alpha value is -2.80. The Morgan fingerprint density at radius 2 is 2.12 bits per heavy atom. The predicted molar refractivity (Wildman–Crippen MR) is 95.0 cm³/mol. The van der Waals surface area contributed by atoms with Crippen LogP contribution in [0, 0.1) is 12.7 Å². The van der Waals surface area contributed by atoms with Gasteiger partial charge in [0.25, 0.3) is 11.6 Å². The summed E-state index contributed by atoms with van der Waals surface area (Å²) in [5.74, 6) is -0.439. The highest BCUT2D eigenvalue weighted by atomic mass is 19.1. The van der Waals surface area contributed by atoms with Crippen molar-refractivity contribution >= 4 is 17.0 Å². The lowest BCUT2D eigenvalue weighted by Crippen LogP contribution is -2.45. The number of hydrogen-bond acceptors (Lipinski definition) is 5. The molecule has 1 amide bonds. The minimum Gasteiger partial charge on any atom is -0.337 e. The lowest BCUT2D eigenvalue weighted by Gasteiger charge is -2.31. The van der Waals surface area contributed by atoms with Gasteiger partial charge >= 0.3 is 0 Å². The maximum Gasteiger partial charge on any atom is 0.259 e. The van der Waals surface area contributed by atoms with Crippen molar-refractivity contribution in [1.82, 2.24) is 15.0 Å². The van der Waals surface area contributed by atoms with Crippen LogP contribution in [0.2, 0.25) is 0 Å². The highest BCUT2D eigenvalue weighted by Crippen LogP contribution is 2.28. The standard InChI is InChI=1S/C19H19FN4O2/c1-11-17-15(19(25)24-8-2-3-14(21)10-24)9-16(22-18(17)26-23-11)12-4-6-13(20)7-5-12/h4-7,9,14H,2-3,8,10,21H2,1H3. The number of fused-ring (bicyclic) bond motifs is 1. The average Bonchev–Trinajstić information content (AvgIpc) is 3.02. The van der Waals surface area contributed by atoms with Crippen LogP contribution in [0.5, 0.6) is 0 Å². The number of piperidine rings is 1. The van der Waals surface area contributed by atoms with Crippen LogP contribution in [0.1, 0.15) is 28.9 Å². The zero-order valence-electron chi connectivity index (χ0n) is 14.4. The topological polar surface area (TPSA) is 85.2 Å². The number of amides is 1. The molecule has 1 atom stereocenters. The van der Waals surface area contributed by atoms with E-state index >= 15 is 0 Å². The molecule has 1 aromatic carbocycles.